The highest BCUT2D eigenvalue weighted by molar-refractivity contribution is 5.91. The van der Waals surface area contributed by atoms with Crippen molar-refractivity contribution < 1.29 is 14.3 Å². The van der Waals surface area contributed by atoms with Gasteiger partial charge in [0.15, 0.2) is 0 Å². The molecule has 1 amide bonds. The molecule has 0 spiro atoms. The van der Waals surface area contributed by atoms with Crippen LogP contribution in [-0.4, -0.2) is 18.0 Å². The molecule has 1 heterocycles. The Bertz CT molecular complexity index is 951. The molecule has 4 rings (SSSR count). The average Bonchev–Trinajstić information content (AvgIpc) is 3.56. The smallest absolute Gasteiger partial charge is 0.230 e. The van der Waals surface area contributed by atoms with Crippen LogP contribution in [0.2, 0.25) is 0 Å². The molecule has 28 heavy (non-hydrogen) atoms. The van der Waals surface area contributed by atoms with Gasteiger partial charge in [-0.05, 0) is 54.3 Å². The molecule has 2 aromatic carbocycles. The fourth-order valence-corrected chi connectivity index (χ4v) is 3.26. The van der Waals surface area contributed by atoms with Crippen molar-refractivity contribution in [1.82, 2.24) is 10.3 Å². The monoisotopic (exact) mass is 374 g/mol. The van der Waals surface area contributed by atoms with Crippen LogP contribution in [0.1, 0.15) is 24.0 Å². The number of amides is 1. The predicted octanol–water partition coefficient (Wildman–Crippen LogP) is 4.23. The van der Waals surface area contributed by atoms with E-state index >= 15 is 0 Å². The minimum atomic E-state index is -0.364. The standard InChI is InChI=1S/C23H22N2O3/c1-27-19-7-9-20(10-8-19)28-21-15-17(11-14-24-21)16-25-22(26)23(12-13-23)18-5-3-2-4-6-18/h2-11,14-15H,12-13,16H2,1H3,(H,25,26). The molecule has 0 bridgehead atoms. The Morgan fingerprint density at radius 3 is 2.43 bits per heavy atom. The first kappa shape index (κ1) is 18.0. The van der Waals surface area contributed by atoms with E-state index < -0.39 is 0 Å². The van der Waals surface area contributed by atoms with Crippen LogP contribution in [0.5, 0.6) is 17.4 Å². The minimum Gasteiger partial charge on any atom is -0.497 e. The van der Waals surface area contributed by atoms with Crippen LogP contribution in [-0.2, 0) is 16.8 Å². The van der Waals surface area contributed by atoms with Gasteiger partial charge in [-0.1, -0.05) is 30.3 Å². The topological polar surface area (TPSA) is 60.5 Å². The molecule has 0 atom stereocenters. The molecule has 0 radical (unpaired) electrons. The van der Waals surface area contributed by atoms with Crippen molar-refractivity contribution in [2.45, 2.75) is 24.8 Å². The van der Waals surface area contributed by atoms with E-state index in [9.17, 15) is 4.79 Å². The van der Waals surface area contributed by atoms with E-state index in [0.29, 0.717) is 18.2 Å². The van der Waals surface area contributed by atoms with Gasteiger partial charge < -0.3 is 14.8 Å². The average molecular weight is 374 g/mol. The number of hydrogen-bond donors (Lipinski definition) is 1. The lowest BCUT2D eigenvalue weighted by Crippen LogP contribution is -2.34. The number of aromatic nitrogens is 1. The summed E-state index contributed by atoms with van der Waals surface area (Å²) >= 11 is 0. The highest BCUT2D eigenvalue weighted by Crippen LogP contribution is 2.48. The summed E-state index contributed by atoms with van der Waals surface area (Å²) in [5.41, 5.74) is 1.66. The Morgan fingerprint density at radius 2 is 1.75 bits per heavy atom. The van der Waals surface area contributed by atoms with Crippen molar-refractivity contribution >= 4 is 5.91 Å². The van der Waals surface area contributed by atoms with E-state index in [2.05, 4.69) is 10.3 Å². The Hall–Kier alpha value is -3.34. The van der Waals surface area contributed by atoms with Crippen molar-refractivity contribution in [3.8, 4) is 17.4 Å². The lowest BCUT2D eigenvalue weighted by Gasteiger charge is -2.16. The van der Waals surface area contributed by atoms with Gasteiger partial charge in [-0.25, -0.2) is 4.98 Å². The molecule has 1 aliphatic rings. The molecule has 5 heteroatoms. The fraction of sp³-hybridized carbons (Fsp3) is 0.217. The van der Waals surface area contributed by atoms with Crippen molar-refractivity contribution in [2.75, 3.05) is 7.11 Å². The Morgan fingerprint density at radius 1 is 1.04 bits per heavy atom. The molecule has 1 aliphatic carbocycles. The van der Waals surface area contributed by atoms with Crippen LogP contribution in [0.3, 0.4) is 0 Å². The van der Waals surface area contributed by atoms with E-state index in [-0.39, 0.29) is 11.3 Å². The van der Waals surface area contributed by atoms with Crippen LogP contribution in [0.4, 0.5) is 0 Å². The van der Waals surface area contributed by atoms with Crippen molar-refractivity contribution in [1.29, 1.82) is 0 Å². The zero-order valence-electron chi connectivity index (χ0n) is 15.7. The van der Waals surface area contributed by atoms with Crippen LogP contribution in [0.25, 0.3) is 0 Å². The summed E-state index contributed by atoms with van der Waals surface area (Å²) in [6.45, 7) is 0.439. The fourth-order valence-electron chi connectivity index (χ4n) is 3.26. The Kier molecular flexibility index (Phi) is 4.98. The van der Waals surface area contributed by atoms with Gasteiger partial charge in [-0.15, -0.1) is 0 Å². The van der Waals surface area contributed by atoms with E-state index in [1.807, 2.05) is 66.7 Å². The Balaban J connectivity index is 1.39. The maximum Gasteiger partial charge on any atom is 0.230 e. The number of hydrogen-bond acceptors (Lipinski definition) is 4. The maximum absolute atomic E-state index is 12.8. The summed E-state index contributed by atoms with van der Waals surface area (Å²) in [6.07, 6.45) is 3.47. The van der Waals surface area contributed by atoms with Crippen LogP contribution >= 0.6 is 0 Å². The Labute approximate surface area is 164 Å². The van der Waals surface area contributed by atoms with Gasteiger partial charge in [-0.3, -0.25) is 4.79 Å². The molecule has 3 aromatic rings. The first-order valence-corrected chi connectivity index (χ1v) is 9.30. The second-order valence-corrected chi connectivity index (χ2v) is 6.91. The van der Waals surface area contributed by atoms with E-state index in [1.54, 1.807) is 13.3 Å². The summed E-state index contributed by atoms with van der Waals surface area (Å²) in [5, 5.41) is 3.07. The largest absolute Gasteiger partial charge is 0.497 e. The summed E-state index contributed by atoms with van der Waals surface area (Å²) in [4.78, 5) is 17.0. The predicted molar refractivity (Wildman–Crippen MR) is 107 cm³/mol. The van der Waals surface area contributed by atoms with Gasteiger partial charge in [-0.2, -0.15) is 0 Å². The first-order valence-electron chi connectivity index (χ1n) is 9.30. The van der Waals surface area contributed by atoms with Gasteiger partial charge in [0.25, 0.3) is 0 Å². The second-order valence-electron chi connectivity index (χ2n) is 6.91. The highest BCUT2D eigenvalue weighted by Gasteiger charge is 2.50. The molecule has 142 valence electrons. The lowest BCUT2D eigenvalue weighted by molar-refractivity contribution is -0.123. The number of carbonyl (C=O) groups excluding carboxylic acids is 1. The molecule has 1 aromatic heterocycles. The number of carbonyl (C=O) groups is 1. The van der Waals surface area contributed by atoms with E-state index in [0.717, 1.165) is 29.7 Å². The third kappa shape index (κ3) is 3.83. The van der Waals surface area contributed by atoms with E-state index in [1.165, 1.54) is 0 Å². The molecule has 5 nitrogen and oxygen atoms in total. The summed E-state index contributed by atoms with van der Waals surface area (Å²) in [7, 11) is 1.62. The van der Waals surface area contributed by atoms with Gasteiger partial charge in [0.05, 0.1) is 12.5 Å². The molecular weight excluding hydrogens is 352 g/mol. The maximum atomic E-state index is 12.8. The van der Waals surface area contributed by atoms with Crippen LogP contribution in [0, 0.1) is 0 Å². The third-order valence-electron chi connectivity index (χ3n) is 5.05. The number of methoxy groups -OCH3 is 1. The summed E-state index contributed by atoms with van der Waals surface area (Å²) in [6, 6.07) is 21.0. The molecule has 1 fully saturated rings. The normalized spacial score (nSPS) is 14.2. The quantitative estimate of drug-likeness (QED) is 0.672. The first-order chi connectivity index (χ1) is 13.7. The van der Waals surface area contributed by atoms with Crippen LogP contribution in [0.15, 0.2) is 72.9 Å². The molecule has 0 aliphatic heterocycles. The SMILES string of the molecule is COc1ccc(Oc2cc(CNC(=O)C3(c4ccccc4)CC3)ccn2)cc1. The molecule has 0 saturated heterocycles. The third-order valence-corrected chi connectivity index (χ3v) is 5.05. The molecular formula is C23H22N2O3. The highest BCUT2D eigenvalue weighted by atomic mass is 16.5. The van der Waals surface area contributed by atoms with Crippen molar-refractivity contribution in [3.05, 3.63) is 84.1 Å². The zero-order chi connectivity index (χ0) is 19.4. The van der Waals surface area contributed by atoms with Crippen molar-refractivity contribution in [2.24, 2.45) is 0 Å². The number of nitrogens with zero attached hydrogens (tertiary/aromatic N) is 1. The number of ether oxygens (including phenoxy) is 2. The molecule has 1 N–H and O–H groups in total. The van der Waals surface area contributed by atoms with Gasteiger partial charge in [0.1, 0.15) is 11.5 Å². The number of rotatable bonds is 7. The van der Waals surface area contributed by atoms with Crippen molar-refractivity contribution in [3.63, 3.8) is 0 Å². The molecule has 1 saturated carbocycles. The van der Waals surface area contributed by atoms with Gasteiger partial charge in [0, 0.05) is 18.8 Å². The number of pyridine rings is 1. The zero-order valence-corrected chi connectivity index (χ0v) is 15.7. The van der Waals surface area contributed by atoms with Gasteiger partial charge >= 0.3 is 0 Å². The molecule has 0 unspecified atom stereocenters. The second kappa shape index (κ2) is 7.72. The summed E-state index contributed by atoms with van der Waals surface area (Å²) < 4.78 is 10.9. The number of benzene rings is 2. The van der Waals surface area contributed by atoms with E-state index in [4.69, 9.17) is 9.47 Å². The number of nitrogens with one attached hydrogen (secondary N) is 1. The minimum absolute atomic E-state index is 0.0770. The summed E-state index contributed by atoms with van der Waals surface area (Å²) in [5.74, 6) is 2.01. The lowest BCUT2D eigenvalue weighted by atomic mass is 9.95. The van der Waals surface area contributed by atoms with Gasteiger partial charge in [0.2, 0.25) is 11.8 Å². The van der Waals surface area contributed by atoms with Crippen LogP contribution < -0.4 is 14.8 Å².